The maximum absolute atomic E-state index is 9.76. The highest BCUT2D eigenvalue weighted by molar-refractivity contribution is 6.06. The van der Waals surface area contributed by atoms with E-state index in [1.54, 1.807) is 0 Å². The van der Waals surface area contributed by atoms with E-state index >= 15 is 0 Å². The van der Waals surface area contributed by atoms with Crippen molar-refractivity contribution in [3.63, 3.8) is 0 Å². The summed E-state index contributed by atoms with van der Waals surface area (Å²) in [6.07, 6.45) is 4.10. The third kappa shape index (κ3) is 3.03. The highest BCUT2D eigenvalue weighted by Crippen LogP contribution is 2.48. The Bertz CT molecular complexity index is 780. The average Bonchev–Trinajstić information content (AvgIpc) is 2.92. The number of nitrogens with zero attached hydrogens (tertiary/aromatic N) is 2. The first-order valence-corrected chi connectivity index (χ1v) is 8.83. The largest absolute Gasteiger partial charge is 0.396 e. The number of unbranched alkanes of at least 4 members (excludes halogenated alkanes) is 1. The molecule has 2 aromatic rings. The molecule has 1 unspecified atom stereocenters. The lowest BCUT2D eigenvalue weighted by Crippen LogP contribution is -2.23. The molecule has 0 saturated heterocycles. The molecule has 0 saturated carbocycles. The number of fused-ring (bicyclic) bond motifs is 3. The number of anilines is 1. The monoisotopic (exact) mass is 325 g/mol. The van der Waals surface area contributed by atoms with E-state index in [1.165, 1.54) is 11.3 Å². The number of nitrogen functional groups attached to an aromatic ring is 1. The van der Waals surface area contributed by atoms with E-state index in [2.05, 4.69) is 31.8 Å². The van der Waals surface area contributed by atoms with Gasteiger partial charge in [-0.25, -0.2) is 4.98 Å². The Hall–Kier alpha value is -1.94. The molecule has 1 aliphatic heterocycles. The summed E-state index contributed by atoms with van der Waals surface area (Å²) in [5, 5.41) is 10.9. The summed E-state index contributed by atoms with van der Waals surface area (Å²) >= 11 is 0. The van der Waals surface area contributed by atoms with Crippen molar-refractivity contribution >= 4 is 28.1 Å². The van der Waals surface area contributed by atoms with E-state index in [0.717, 1.165) is 42.3 Å². The number of aliphatic hydroxyl groups is 1. The van der Waals surface area contributed by atoms with Crippen molar-refractivity contribution in [2.24, 2.45) is 10.4 Å². The molecule has 0 spiro atoms. The van der Waals surface area contributed by atoms with Gasteiger partial charge in [0.2, 0.25) is 0 Å². The lowest BCUT2D eigenvalue weighted by molar-refractivity contribution is 0.148. The number of rotatable bonds is 6. The van der Waals surface area contributed by atoms with E-state index in [1.807, 2.05) is 18.2 Å². The minimum absolute atomic E-state index is 0.154. The second-order valence-electron chi connectivity index (χ2n) is 7.56. The van der Waals surface area contributed by atoms with Gasteiger partial charge in [0, 0.05) is 23.6 Å². The highest BCUT2D eigenvalue weighted by Gasteiger charge is 2.34. The van der Waals surface area contributed by atoms with Crippen LogP contribution in [-0.4, -0.2) is 22.4 Å². The van der Waals surface area contributed by atoms with Crippen molar-refractivity contribution < 1.29 is 5.11 Å². The molecule has 3 N–H and O–H groups in total. The van der Waals surface area contributed by atoms with Gasteiger partial charge in [0.05, 0.1) is 5.52 Å². The van der Waals surface area contributed by atoms with Gasteiger partial charge in [-0.3, -0.25) is 4.99 Å². The molecule has 1 aromatic carbocycles. The predicted octanol–water partition coefficient (Wildman–Crippen LogP) is 4.59. The van der Waals surface area contributed by atoms with Crippen molar-refractivity contribution in [2.75, 3.05) is 12.3 Å². The number of hydrogen-bond donors (Lipinski definition) is 2. The Morgan fingerprint density at radius 3 is 2.71 bits per heavy atom. The molecule has 1 aliphatic rings. The number of benzene rings is 1. The van der Waals surface area contributed by atoms with E-state index in [0.29, 0.717) is 5.82 Å². The van der Waals surface area contributed by atoms with E-state index < -0.39 is 0 Å². The Morgan fingerprint density at radius 2 is 2.00 bits per heavy atom. The maximum atomic E-state index is 9.76. The number of aromatic nitrogens is 1. The van der Waals surface area contributed by atoms with Crippen molar-refractivity contribution in [2.45, 2.75) is 52.4 Å². The predicted molar refractivity (Wildman–Crippen MR) is 101 cm³/mol. The summed E-state index contributed by atoms with van der Waals surface area (Å²) in [5.41, 5.74) is 10.2. The van der Waals surface area contributed by atoms with Gasteiger partial charge in [0.1, 0.15) is 11.5 Å². The molecule has 0 aliphatic carbocycles. The Balaban J connectivity index is 2.13. The molecule has 24 heavy (non-hydrogen) atoms. The molecule has 1 atom stereocenters. The first-order chi connectivity index (χ1) is 11.5. The van der Waals surface area contributed by atoms with Crippen LogP contribution in [0.1, 0.15) is 57.9 Å². The van der Waals surface area contributed by atoms with Crippen LogP contribution in [0.2, 0.25) is 0 Å². The smallest absolute Gasteiger partial charge is 0.150 e. The topological polar surface area (TPSA) is 71.5 Å². The average molecular weight is 325 g/mol. The first-order valence-electron chi connectivity index (χ1n) is 8.83. The van der Waals surface area contributed by atoms with Crippen LogP contribution < -0.4 is 5.73 Å². The molecule has 4 heteroatoms. The van der Waals surface area contributed by atoms with Crippen molar-refractivity contribution in [3.8, 4) is 0 Å². The number of pyridine rings is 1. The standard InChI is InChI=1S/C20H27N3O/c1-4-5-9-16-14(11-20(2,3)12-24)17-13-8-6-7-10-15(13)23-19(21)18(17)22-16/h6-8,10,14,24H,4-5,9,11-12H2,1-3H3,(H2,21,23). The fourth-order valence-corrected chi connectivity index (χ4v) is 3.53. The maximum Gasteiger partial charge on any atom is 0.150 e. The molecule has 0 amide bonds. The Kier molecular flexibility index (Phi) is 4.59. The van der Waals surface area contributed by atoms with Crippen LogP contribution in [0.5, 0.6) is 0 Å². The zero-order valence-electron chi connectivity index (χ0n) is 14.8. The third-order valence-electron chi connectivity index (χ3n) is 4.91. The minimum atomic E-state index is -0.154. The SMILES string of the molecule is CCCCC1=Nc2c(N)nc3ccccc3c2C1CC(C)(C)CO. The van der Waals surface area contributed by atoms with Gasteiger partial charge >= 0.3 is 0 Å². The number of aliphatic imine (C=N–C) groups is 1. The van der Waals surface area contributed by atoms with Crippen molar-refractivity contribution in [3.05, 3.63) is 29.8 Å². The lowest BCUT2D eigenvalue weighted by atomic mass is 9.77. The molecule has 0 radical (unpaired) electrons. The molecule has 0 fully saturated rings. The molecule has 0 bridgehead atoms. The molecule has 2 heterocycles. The van der Waals surface area contributed by atoms with E-state index in [-0.39, 0.29) is 17.9 Å². The van der Waals surface area contributed by atoms with Crippen LogP contribution in [0.3, 0.4) is 0 Å². The van der Waals surface area contributed by atoms with Gasteiger partial charge in [-0.15, -0.1) is 0 Å². The van der Waals surface area contributed by atoms with Gasteiger partial charge in [-0.05, 0) is 36.3 Å². The molecule has 4 nitrogen and oxygen atoms in total. The van der Waals surface area contributed by atoms with E-state index in [9.17, 15) is 5.11 Å². The van der Waals surface area contributed by atoms with Crippen LogP contribution in [-0.2, 0) is 0 Å². The summed E-state index contributed by atoms with van der Waals surface area (Å²) < 4.78 is 0. The number of nitrogens with two attached hydrogens (primary N) is 1. The second-order valence-corrected chi connectivity index (χ2v) is 7.56. The highest BCUT2D eigenvalue weighted by atomic mass is 16.3. The van der Waals surface area contributed by atoms with Crippen LogP contribution >= 0.6 is 0 Å². The number of aliphatic hydroxyl groups excluding tert-OH is 1. The summed E-state index contributed by atoms with van der Waals surface area (Å²) in [4.78, 5) is 9.42. The van der Waals surface area contributed by atoms with Crippen LogP contribution in [0.4, 0.5) is 11.5 Å². The lowest BCUT2D eigenvalue weighted by Gasteiger charge is -2.27. The number of para-hydroxylation sites is 1. The summed E-state index contributed by atoms with van der Waals surface area (Å²) in [6.45, 7) is 6.57. The zero-order valence-corrected chi connectivity index (χ0v) is 14.8. The molecule has 3 rings (SSSR count). The van der Waals surface area contributed by atoms with Gasteiger partial charge in [-0.1, -0.05) is 45.4 Å². The molecule has 1 aromatic heterocycles. The molecule has 128 valence electrons. The molecular formula is C20H27N3O. The fraction of sp³-hybridized carbons (Fsp3) is 0.500. The van der Waals surface area contributed by atoms with Gasteiger partial charge in [-0.2, -0.15) is 0 Å². The van der Waals surface area contributed by atoms with Crippen molar-refractivity contribution in [1.29, 1.82) is 0 Å². The summed E-state index contributed by atoms with van der Waals surface area (Å²) in [6, 6.07) is 8.14. The summed E-state index contributed by atoms with van der Waals surface area (Å²) in [7, 11) is 0. The minimum Gasteiger partial charge on any atom is -0.396 e. The van der Waals surface area contributed by atoms with Crippen LogP contribution in [0, 0.1) is 5.41 Å². The van der Waals surface area contributed by atoms with Crippen molar-refractivity contribution in [1.82, 2.24) is 4.98 Å². The van der Waals surface area contributed by atoms with Gasteiger partial charge in [0.15, 0.2) is 0 Å². The Labute approximate surface area is 143 Å². The molecular weight excluding hydrogens is 298 g/mol. The first kappa shape index (κ1) is 16.9. The fourth-order valence-electron chi connectivity index (χ4n) is 3.53. The van der Waals surface area contributed by atoms with Crippen LogP contribution in [0.25, 0.3) is 10.9 Å². The van der Waals surface area contributed by atoms with E-state index in [4.69, 9.17) is 10.7 Å². The normalized spacial score (nSPS) is 17.2. The third-order valence-corrected chi connectivity index (χ3v) is 4.91. The summed E-state index contributed by atoms with van der Waals surface area (Å²) in [5.74, 6) is 0.728. The zero-order chi connectivity index (χ0) is 17.3. The second kappa shape index (κ2) is 6.52. The van der Waals surface area contributed by atoms with Gasteiger partial charge < -0.3 is 10.8 Å². The van der Waals surface area contributed by atoms with Gasteiger partial charge in [0.25, 0.3) is 0 Å². The van der Waals surface area contributed by atoms with Crippen LogP contribution in [0.15, 0.2) is 29.3 Å². The Morgan fingerprint density at radius 1 is 1.25 bits per heavy atom. The number of hydrogen-bond acceptors (Lipinski definition) is 4. The quantitative estimate of drug-likeness (QED) is 0.816.